The highest BCUT2D eigenvalue weighted by molar-refractivity contribution is 7.26. The van der Waals surface area contributed by atoms with Crippen molar-refractivity contribution in [1.29, 1.82) is 0 Å². The van der Waals surface area contributed by atoms with Crippen LogP contribution in [0.2, 0.25) is 0 Å². The molecule has 2 aliphatic rings. The van der Waals surface area contributed by atoms with Crippen LogP contribution in [-0.2, 0) is 10.8 Å². The average Bonchev–Trinajstić information content (AvgIpc) is 3.60. The number of benzene rings is 3. The van der Waals surface area contributed by atoms with E-state index in [-0.39, 0.29) is 10.8 Å². The molecule has 176 valence electrons. The van der Waals surface area contributed by atoms with E-state index in [9.17, 15) is 0 Å². The normalized spacial score (nSPS) is 18.9. The van der Waals surface area contributed by atoms with Crippen molar-refractivity contribution in [3.8, 4) is 11.3 Å². The number of rotatable bonds is 2. The molecule has 2 aromatic heterocycles. The number of pyridine rings is 1. The first-order chi connectivity index (χ1) is 16.7. The van der Waals surface area contributed by atoms with Crippen molar-refractivity contribution in [2.24, 2.45) is 0 Å². The molecule has 0 aliphatic heterocycles. The van der Waals surface area contributed by atoms with Gasteiger partial charge in [-0.15, -0.1) is 11.3 Å². The van der Waals surface area contributed by atoms with Crippen LogP contribution in [0.1, 0.15) is 81.5 Å². The number of fused-ring (bicyclic) bond motifs is 6. The van der Waals surface area contributed by atoms with Gasteiger partial charge >= 0.3 is 0 Å². The minimum Gasteiger partial charge on any atom is -0.255 e. The van der Waals surface area contributed by atoms with Crippen molar-refractivity contribution in [2.75, 3.05) is 0 Å². The van der Waals surface area contributed by atoms with Crippen LogP contribution in [-0.4, -0.2) is 4.98 Å². The van der Waals surface area contributed by atoms with E-state index >= 15 is 0 Å². The van der Waals surface area contributed by atoms with Gasteiger partial charge in [-0.25, -0.2) is 0 Å². The van der Waals surface area contributed by atoms with Crippen LogP contribution in [0.4, 0.5) is 0 Å². The van der Waals surface area contributed by atoms with Gasteiger partial charge in [0.05, 0.1) is 10.4 Å². The Morgan fingerprint density at radius 2 is 1.63 bits per heavy atom. The van der Waals surface area contributed by atoms with Crippen molar-refractivity contribution in [3.05, 3.63) is 77.0 Å². The molecule has 2 heterocycles. The Balaban J connectivity index is 1.56. The topological polar surface area (TPSA) is 12.9 Å². The zero-order valence-corrected chi connectivity index (χ0v) is 22.3. The Hall–Kier alpha value is -2.71. The second-order valence-corrected chi connectivity index (χ2v) is 13.3. The fraction of sp³-hybridized carbons (Fsp3) is 0.364. The molecule has 2 aliphatic carbocycles. The third kappa shape index (κ3) is 3.15. The van der Waals surface area contributed by atoms with Crippen LogP contribution in [0.5, 0.6) is 0 Å². The van der Waals surface area contributed by atoms with Gasteiger partial charge in [-0.05, 0) is 101 Å². The van der Waals surface area contributed by atoms with Gasteiger partial charge in [0.1, 0.15) is 0 Å². The number of hydrogen-bond acceptors (Lipinski definition) is 2. The minimum absolute atomic E-state index is 0.188. The number of nitrogens with zero attached hydrogens (tertiary/aromatic N) is 1. The third-order valence-corrected chi connectivity index (χ3v) is 10.1. The van der Waals surface area contributed by atoms with Crippen LogP contribution in [0.25, 0.3) is 42.2 Å². The molecule has 2 heteroatoms. The first-order valence-corrected chi connectivity index (χ1v) is 14.0. The molecule has 1 nitrogen and oxygen atoms in total. The molecular weight excluding hydrogens is 442 g/mol. The van der Waals surface area contributed by atoms with E-state index in [0.717, 1.165) is 5.69 Å². The fourth-order valence-electron chi connectivity index (χ4n) is 6.58. The van der Waals surface area contributed by atoms with Gasteiger partial charge in [0.15, 0.2) is 0 Å². The summed E-state index contributed by atoms with van der Waals surface area (Å²) >= 11 is 1.99. The van der Waals surface area contributed by atoms with E-state index in [2.05, 4.69) is 83.1 Å². The highest BCUT2D eigenvalue weighted by Gasteiger charge is 2.39. The maximum absolute atomic E-state index is 5.02. The Morgan fingerprint density at radius 3 is 2.43 bits per heavy atom. The van der Waals surface area contributed by atoms with Gasteiger partial charge in [0, 0.05) is 27.2 Å². The molecule has 0 N–H and O–H groups in total. The summed E-state index contributed by atoms with van der Waals surface area (Å²) in [6.07, 6.45) is 7.13. The third-order valence-electron chi connectivity index (χ3n) is 8.82. The number of aromatic nitrogens is 1. The Morgan fingerprint density at radius 1 is 0.857 bits per heavy atom. The molecule has 1 saturated carbocycles. The Bertz CT molecular complexity index is 1660. The highest BCUT2D eigenvalue weighted by atomic mass is 32.1. The average molecular weight is 476 g/mol. The van der Waals surface area contributed by atoms with Crippen molar-refractivity contribution in [1.82, 2.24) is 4.98 Å². The summed E-state index contributed by atoms with van der Waals surface area (Å²) in [5.74, 6) is 0.707. The van der Waals surface area contributed by atoms with Crippen LogP contribution in [0.15, 0.2) is 54.7 Å². The molecule has 0 atom stereocenters. The molecule has 35 heavy (non-hydrogen) atoms. The molecular formula is C33H33NS. The van der Waals surface area contributed by atoms with E-state index < -0.39 is 0 Å². The lowest BCUT2D eigenvalue weighted by molar-refractivity contribution is 0.334. The summed E-state index contributed by atoms with van der Waals surface area (Å²) in [5.41, 5.74) is 8.89. The van der Waals surface area contributed by atoms with Crippen LogP contribution in [0, 0.1) is 6.92 Å². The molecule has 5 aromatic rings. The highest BCUT2D eigenvalue weighted by Crippen LogP contribution is 2.53. The smallest absolute Gasteiger partial charge is 0.0880 e. The van der Waals surface area contributed by atoms with Crippen molar-refractivity contribution in [2.45, 2.75) is 77.0 Å². The van der Waals surface area contributed by atoms with E-state index in [1.54, 1.807) is 11.1 Å². The van der Waals surface area contributed by atoms with Gasteiger partial charge in [-0.1, -0.05) is 58.0 Å². The monoisotopic (exact) mass is 475 g/mol. The first kappa shape index (κ1) is 21.6. The maximum atomic E-state index is 5.02. The molecule has 0 saturated heterocycles. The number of aryl methyl sites for hydroxylation is 1. The molecule has 0 spiro atoms. The summed E-state index contributed by atoms with van der Waals surface area (Å²) in [4.78, 5) is 5.02. The van der Waals surface area contributed by atoms with Crippen LogP contribution >= 0.6 is 11.3 Å². The van der Waals surface area contributed by atoms with E-state index in [1.165, 1.54) is 73.3 Å². The molecule has 0 unspecified atom stereocenters. The SMILES string of the molecule is Cc1cc2c(c3sc4c(-c5cc(C6CC6)c6ccccc6c5)nccc4c13)C(C)(C)CCC2(C)C. The maximum Gasteiger partial charge on any atom is 0.0880 e. The van der Waals surface area contributed by atoms with Crippen molar-refractivity contribution in [3.63, 3.8) is 0 Å². The summed E-state index contributed by atoms with van der Waals surface area (Å²) in [5, 5.41) is 5.57. The van der Waals surface area contributed by atoms with E-state index in [4.69, 9.17) is 4.98 Å². The zero-order valence-electron chi connectivity index (χ0n) is 21.5. The van der Waals surface area contributed by atoms with Gasteiger partial charge in [-0.3, -0.25) is 4.98 Å². The summed E-state index contributed by atoms with van der Waals surface area (Å²) in [6, 6.07) is 18.5. The van der Waals surface area contributed by atoms with Crippen molar-refractivity contribution < 1.29 is 0 Å². The van der Waals surface area contributed by atoms with Crippen LogP contribution in [0.3, 0.4) is 0 Å². The zero-order chi connectivity index (χ0) is 24.1. The van der Waals surface area contributed by atoms with Crippen LogP contribution < -0.4 is 0 Å². The Kier molecular flexibility index (Phi) is 4.42. The largest absolute Gasteiger partial charge is 0.255 e. The van der Waals surface area contributed by atoms with Gasteiger partial charge in [-0.2, -0.15) is 0 Å². The van der Waals surface area contributed by atoms with Gasteiger partial charge in [0.25, 0.3) is 0 Å². The molecule has 0 bridgehead atoms. The number of hydrogen-bond donors (Lipinski definition) is 0. The molecule has 1 fully saturated rings. The second kappa shape index (κ2) is 7.17. The molecule has 0 amide bonds. The Labute approximate surface area is 212 Å². The summed E-state index contributed by atoms with van der Waals surface area (Å²) in [6.45, 7) is 12.1. The van der Waals surface area contributed by atoms with Crippen molar-refractivity contribution >= 4 is 42.3 Å². The van der Waals surface area contributed by atoms with E-state index in [0.29, 0.717) is 5.92 Å². The summed E-state index contributed by atoms with van der Waals surface area (Å²) < 4.78 is 2.83. The molecule has 7 rings (SSSR count). The van der Waals surface area contributed by atoms with E-state index in [1.807, 2.05) is 17.5 Å². The predicted molar refractivity (Wildman–Crippen MR) is 152 cm³/mol. The molecule has 3 aromatic carbocycles. The van der Waals surface area contributed by atoms with Gasteiger partial charge < -0.3 is 0 Å². The lowest BCUT2D eigenvalue weighted by Gasteiger charge is -2.42. The lowest BCUT2D eigenvalue weighted by atomic mass is 9.62. The summed E-state index contributed by atoms with van der Waals surface area (Å²) in [7, 11) is 0. The lowest BCUT2D eigenvalue weighted by Crippen LogP contribution is -2.34. The standard InChI is InChI=1S/C33H33NS/c1-19-16-26-28(33(4,5)14-13-32(26,2)3)31-27(19)24-12-15-34-29(30(24)35-31)22-17-21-8-6-7-9-23(21)25(18-22)20-10-11-20/h6-9,12,15-18,20H,10-11,13-14H2,1-5H3. The molecule has 0 radical (unpaired) electrons. The quantitative estimate of drug-likeness (QED) is 0.247. The number of thiophene rings is 1. The van der Waals surface area contributed by atoms with Gasteiger partial charge in [0.2, 0.25) is 0 Å². The second-order valence-electron chi connectivity index (χ2n) is 12.3. The first-order valence-electron chi connectivity index (χ1n) is 13.1. The fourth-order valence-corrected chi connectivity index (χ4v) is 8.19. The predicted octanol–water partition coefficient (Wildman–Crippen LogP) is 9.80. The minimum atomic E-state index is 0.188.